The molecule has 0 spiro atoms. The summed E-state index contributed by atoms with van der Waals surface area (Å²) in [5, 5.41) is 11.5. The van der Waals surface area contributed by atoms with Gasteiger partial charge in [-0.25, -0.2) is 13.2 Å². The average molecular weight is 558 g/mol. The Kier molecular flexibility index (Phi) is 7.86. The summed E-state index contributed by atoms with van der Waals surface area (Å²) in [5.41, 5.74) is 2.38. The van der Waals surface area contributed by atoms with Gasteiger partial charge in [0, 0.05) is 11.3 Å². The predicted molar refractivity (Wildman–Crippen MR) is 158 cm³/mol. The second-order valence-electron chi connectivity index (χ2n) is 10.5. The van der Waals surface area contributed by atoms with Crippen molar-refractivity contribution in [3.63, 3.8) is 0 Å². The molecule has 6 nitrogen and oxygen atoms in total. The van der Waals surface area contributed by atoms with E-state index in [1.165, 1.54) is 0 Å². The molecule has 1 aliphatic rings. The van der Waals surface area contributed by atoms with E-state index in [1.807, 2.05) is 24.3 Å². The van der Waals surface area contributed by atoms with Crippen molar-refractivity contribution < 1.29 is 17.9 Å². The number of anilines is 1. The first-order valence-corrected chi connectivity index (χ1v) is 15.4. The van der Waals surface area contributed by atoms with Crippen LogP contribution in [0, 0.1) is 0 Å². The highest BCUT2D eigenvalue weighted by Gasteiger charge is 2.42. The maximum absolute atomic E-state index is 13.4. The molecular formula is C33H35NO5S. The van der Waals surface area contributed by atoms with Gasteiger partial charge < -0.3 is 9.52 Å². The Morgan fingerprint density at radius 1 is 0.900 bits per heavy atom. The first kappa shape index (κ1) is 27.7. The minimum absolute atomic E-state index is 0.0527. The Hall–Kier alpha value is -3.84. The molecule has 0 amide bonds. The largest absolute Gasteiger partial charge is 0.507 e. The van der Waals surface area contributed by atoms with Crippen LogP contribution in [0.25, 0.3) is 0 Å². The number of nitrogens with one attached hydrogen (secondary N) is 1. The van der Waals surface area contributed by atoms with Gasteiger partial charge in [0.2, 0.25) is 0 Å². The van der Waals surface area contributed by atoms with E-state index >= 15 is 0 Å². The molecule has 5 rings (SSSR count). The lowest BCUT2D eigenvalue weighted by Gasteiger charge is -2.33. The zero-order valence-corrected chi connectivity index (χ0v) is 23.7. The number of sulfonamides is 1. The number of aromatic hydroxyl groups is 1. The van der Waals surface area contributed by atoms with Gasteiger partial charge in [-0.1, -0.05) is 74.5 Å². The highest BCUT2D eigenvalue weighted by Crippen LogP contribution is 2.51. The maximum atomic E-state index is 13.4. The Labute approximate surface area is 235 Å². The lowest BCUT2D eigenvalue weighted by Crippen LogP contribution is -2.30. The van der Waals surface area contributed by atoms with Gasteiger partial charge in [-0.05, 0) is 79.8 Å². The molecule has 1 heterocycles. The molecule has 0 radical (unpaired) electrons. The number of aryl methyl sites for hydroxylation is 1. The topological polar surface area (TPSA) is 96.6 Å². The summed E-state index contributed by atoms with van der Waals surface area (Å²) >= 11 is 0. The van der Waals surface area contributed by atoms with Crippen molar-refractivity contribution >= 4 is 15.7 Å². The minimum Gasteiger partial charge on any atom is -0.507 e. The lowest BCUT2D eigenvalue weighted by atomic mass is 9.71. The van der Waals surface area contributed by atoms with Crippen LogP contribution in [0.3, 0.4) is 0 Å². The molecule has 0 atom stereocenters. The molecule has 0 bridgehead atoms. The van der Waals surface area contributed by atoms with Crippen LogP contribution >= 0.6 is 0 Å². The van der Waals surface area contributed by atoms with Crippen molar-refractivity contribution in [2.24, 2.45) is 0 Å². The molecule has 1 fully saturated rings. The highest BCUT2D eigenvalue weighted by molar-refractivity contribution is 7.92. The van der Waals surface area contributed by atoms with Gasteiger partial charge in [-0.15, -0.1) is 0 Å². The fourth-order valence-electron chi connectivity index (χ4n) is 5.64. The van der Waals surface area contributed by atoms with Crippen LogP contribution in [-0.4, -0.2) is 13.5 Å². The number of rotatable bonds is 11. The van der Waals surface area contributed by atoms with E-state index < -0.39 is 21.1 Å². The molecule has 0 unspecified atom stereocenters. The van der Waals surface area contributed by atoms with E-state index in [0.29, 0.717) is 17.9 Å². The van der Waals surface area contributed by atoms with Crippen molar-refractivity contribution in [1.29, 1.82) is 0 Å². The second-order valence-corrected chi connectivity index (χ2v) is 12.2. The van der Waals surface area contributed by atoms with Gasteiger partial charge in [-0.3, -0.25) is 4.72 Å². The Morgan fingerprint density at radius 3 is 2.17 bits per heavy atom. The standard InChI is InChI=1S/C33H35NO5S/c1-3-33(4-2,25-13-7-5-8-14-25)31-29(24-19-20-24)30(35)28(32(36)39-31)21-18-23-12-11-15-26(22-23)34-40(37,38)27-16-9-6-10-17-27/h5-17,22,24,34-35H,3-4,18-21H2,1-2H3. The van der Waals surface area contributed by atoms with Crippen LogP contribution in [0.2, 0.25) is 0 Å². The molecule has 0 aliphatic heterocycles. The van der Waals surface area contributed by atoms with Crippen LogP contribution in [0.4, 0.5) is 5.69 Å². The van der Waals surface area contributed by atoms with E-state index in [4.69, 9.17) is 4.42 Å². The second kappa shape index (κ2) is 11.3. The highest BCUT2D eigenvalue weighted by atomic mass is 32.2. The average Bonchev–Trinajstić information content (AvgIpc) is 3.80. The summed E-state index contributed by atoms with van der Waals surface area (Å²) in [4.78, 5) is 13.6. The number of benzene rings is 3. The number of hydrogen-bond donors (Lipinski definition) is 2. The quantitative estimate of drug-likeness (QED) is 0.209. The molecule has 1 aromatic heterocycles. The Morgan fingerprint density at radius 2 is 1.55 bits per heavy atom. The molecule has 3 aromatic carbocycles. The summed E-state index contributed by atoms with van der Waals surface area (Å²) in [6, 6.07) is 25.4. The van der Waals surface area contributed by atoms with E-state index in [9.17, 15) is 18.3 Å². The molecule has 7 heteroatoms. The monoisotopic (exact) mass is 557 g/mol. The molecule has 4 aromatic rings. The van der Waals surface area contributed by atoms with E-state index in [2.05, 4.69) is 30.7 Å². The predicted octanol–water partition coefficient (Wildman–Crippen LogP) is 6.91. The van der Waals surface area contributed by atoms with Crippen LogP contribution in [-0.2, 0) is 28.3 Å². The van der Waals surface area contributed by atoms with Gasteiger partial charge >= 0.3 is 5.63 Å². The lowest BCUT2D eigenvalue weighted by molar-refractivity contribution is 0.321. The fraction of sp³-hybridized carbons (Fsp3) is 0.303. The van der Waals surface area contributed by atoms with Crippen molar-refractivity contribution in [3.8, 4) is 5.75 Å². The van der Waals surface area contributed by atoms with Crippen LogP contribution in [0.15, 0.2) is 99.0 Å². The Bertz CT molecular complexity index is 1640. The molecular weight excluding hydrogens is 522 g/mol. The zero-order chi connectivity index (χ0) is 28.3. The SMILES string of the molecule is CCC(CC)(c1ccccc1)c1oc(=O)c(CCc2cccc(NS(=O)(=O)c3ccccc3)c2)c(O)c1C1CC1. The van der Waals surface area contributed by atoms with Gasteiger partial charge in [0.25, 0.3) is 10.0 Å². The van der Waals surface area contributed by atoms with Gasteiger partial charge in [0.05, 0.1) is 15.9 Å². The zero-order valence-electron chi connectivity index (χ0n) is 22.9. The summed E-state index contributed by atoms with van der Waals surface area (Å²) in [5.74, 6) is 0.821. The van der Waals surface area contributed by atoms with Crippen LogP contribution in [0.5, 0.6) is 5.75 Å². The van der Waals surface area contributed by atoms with Crippen LogP contribution in [0.1, 0.15) is 73.5 Å². The molecule has 0 saturated heterocycles. The van der Waals surface area contributed by atoms with Crippen LogP contribution < -0.4 is 10.3 Å². The first-order valence-electron chi connectivity index (χ1n) is 13.9. The summed E-state index contributed by atoms with van der Waals surface area (Å²) in [7, 11) is -3.72. The molecule has 40 heavy (non-hydrogen) atoms. The van der Waals surface area contributed by atoms with Crippen molar-refractivity contribution in [1.82, 2.24) is 0 Å². The molecule has 208 valence electrons. The van der Waals surface area contributed by atoms with E-state index in [0.717, 1.165) is 42.4 Å². The third-order valence-corrected chi connectivity index (χ3v) is 9.47. The normalized spacial score (nSPS) is 13.8. The third-order valence-electron chi connectivity index (χ3n) is 8.08. The third kappa shape index (κ3) is 5.43. The fourth-order valence-corrected chi connectivity index (χ4v) is 6.71. The Balaban J connectivity index is 1.44. The number of hydrogen-bond acceptors (Lipinski definition) is 5. The molecule has 1 aliphatic carbocycles. The van der Waals surface area contributed by atoms with Crippen molar-refractivity contribution in [3.05, 3.63) is 123 Å². The van der Waals surface area contributed by atoms with E-state index in [1.54, 1.807) is 48.5 Å². The molecule has 1 saturated carbocycles. The first-order chi connectivity index (χ1) is 19.3. The molecule has 2 N–H and O–H groups in total. The summed E-state index contributed by atoms with van der Waals surface area (Å²) in [6.45, 7) is 4.19. The summed E-state index contributed by atoms with van der Waals surface area (Å²) in [6.07, 6.45) is 4.10. The van der Waals surface area contributed by atoms with Crippen molar-refractivity contribution in [2.75, 3.05) is 4.72 Å². The van der Waals surface area contributed by atoms with Gasteiger partial charge in [-0.2, -0.15) is 0 Å². The smallest absolute Gasteiger partial charge is 0.342 e. The van der Waals surface area contributed by atoms with Gasteiger partial charge in [0.15, 0.2) is 0 Å². The summed E-state index contributed by atoms with van der Waals surface area (Å²) < 4.78 is 34.3. The van der Waals surface area contributed by atoms with E-state index in [-0.39, 0.29) is 28.5 Å². The van der Waals surface area contributed by atoms with Crippen molar-refractivity contribution in [2.45, 2.75) is 68.6 Å². The minimum atomic E-state index is -3.72. The maximum Gasteiger partial charge on any atom is 0.342 e. The van der Waals surface area contributed by atoms with Gasteiger partial charge in [0.1, 0.15) is 11.5 Å².